The Morgan fingerprint density at radius 3 is 2.79 bits per heavy atom. The van der Waals surface area contributed by atoms with Crippen LogP contribution in [0.5, 0.6) is 5.75 Å². The molecule has 0 aliphatic heterocycles. The van der Waals surface area contributed by atoms with Gasteiger partial charge in [0.1, 0.15) is 0 Å². The first kappa shape index (κ1) is 10.8. The van der Waals surface area contributed by atoms with Crippen molar-refractivity contribution in [3.63, 3.8) is 0 Å². The van der Waals surface area contributed by atoms with Crippen molar-refractivity contribution in [1.29, 1.82) is 0 Å². The van der Waals surface area contributed by atoms with Crippen LogP contribution in [0.4, 0.5) is 4.39 Å². The molecule has 0 unspecified atom stereocenters. The first-order valence-corrected chi connectivity index (χ1v) is 4.41. The van der Waals surface area contributed by atoms with Gasteiger partial charge in [-0.3, -0.25) is 0 Å². The molecule has 14 heavy (non-hydrogen) atoms. The monoisotopic (exact) mass is 262 g/mol. The molecule has 1 aromatic rings. The average molecular weight is 263 g/mol. The lowest BCUT2D eigenvalue weighted by Crippen LogP contribution is -2.14. The average Bonchev–Trinajstić information content (AvgIpc) is 2.21. The molecule has 0 radical (unpaired) electrons. The van der Waals surface area contributed by atoms with E-state index in [1.165, 1.54) is 19.2 Å². The van der Waals surface area contributed by atoms with E-state index in [4.69, 9.17) is 15.7 Å². The second-order valence-electron chi connectivity index (χ2n) is 2.43. The van der Waals surface area contributed by atoms with Crippen LogP contribution in [0.15, 0.2) is 21.8 Å². The first-order chi connectivity index (χ1) is 6.61. The van der Waals surface area contributed by atoms with Gasteiger partial charge in [0.05, 0.1) is 11.6 Å². The predicted molar refractivity (Wildman–Crippen MR) is 53.2 cm³/mol. The molecular weight excluding hydrogens is 255 g/mol. The zero-order chi connectivity index (χ0) is 10.7. The maximum absolute atomic E-state index is 13.4. The summed E-state index contributed by atoms with van der Waals surface area (Å²) < 4.78 is 18.2. The molecule has 1 aromatic carbocycles. The van der Waals surface area contributed by atoms with Gasteiger partial charge in [0.15, 0.2) is 17.4 Å². The number of methoxy groups -OCH3 is 1. The molecule has 0 heterocycles. The third kappa shape index (κ3) is 1.79. The SMILES string of the molecule is COc1ccc(/C(N)=N/O)c(Br)c1F. The molecule has 3 N–H and O–H groups in total. The highest BCUT2D eigenvalue weighted by Gasteiger charge is 2.13. The standard InChI is InChI=1S/C8H8BrFN2O2/c1-14-5-3-2-4(8(11)12-13)6(9)7(5)10/h2-3,13H,1H3,(H2,11,12). The minimum Gasteiger partial charge on any atom is -0.494 e. The van der Waals surface area contributed by atoms with Crippen LogP contribution >= 0.6 is 15.9 Å². The molecule has 0 fully saturated rings. The topological polar surface area (TPSA) is 67.8 Å². The van der Waals surface area contributed by atoms with Crippen molar-refractivity contribution in [1.82, 2.24) is 0 Å². The second kappa shape index (κ2) is 4.28. The van der Waals surface area contributed by atoms with Crippen LogP contribution in [0.25, 0.3) is 0 Å². The molecule has 0 saturated heterocycles. The van der Waals surface area contributed by atoms with Crippen molar-refractivity contribution in [3.05, 3.63) is 28.0 Å². The largest absolute Gasteiger partial charge is 0.494 e. The molecule has 0 saturated carbocycles. The van der Waals surface area contributed by atoms with Gasteiger partial charge < -0.3 is 15.7 Å². The summed E-state index contributed by atoms with van der Waals surface area (Å²) in [6.45, 7) is 0. The molecule has 4 nitrogen and oxygen atoms in total. The Hall–Kier alpha value is -1.30. The first-order valence-electron chi connectivity index (χ1n) is 3.61. The molecule has 6 heteroatoms. The Kier molecular flexibility index (Phi) is 3.29. The van der Waals surface area contributed by atoms with Gasteiger partial charge in [0, 0.05) is 5.56 Å². The number of nitrogens with two attached hydrogens (primary N) is 1. The maximum atomic E-state index is 13.4. The number of halogens is 2. The van der Waals surface area contributed by atoms with E-state index >= 15 is 0 Å². The van der Waals surface area contributed by atoms with E-state index in [0.29, 0.717) is 0 Å². The summed E-state index contributed by atoms with van der Waals surface area (Å²) in [5.41, 5.74) is 5.59. The Labute approximate surface area is 88.3 Å². The second-order valence-corrected chi connectivity index (χ2v) is 3.22. The summed E-state index contributed by atoms with van der Waals surface area (Å²) in [7, 11) is 1.36. The fourth-order valence-corrected chi connectivity index (χ4v) is 1.47. The van der Waals surface area contributed by atoms with E-state index in [-0.39, 0.29) is 21.6 Å². The molecule has 0 amide bonds. The minimum atomic E-state index is -0.586. The van der Waals surface area contributed by atoms with Gasteiger partial charge >= 0.3 is 0 Å². The van der Waals surface area contributed by atoms with Gasteiger partial charge in [0.2, 0.25) is 0 Å². The molecule has 0 aliphatic rings. The van der Waals surface area contributed by atoms with Crippen LogP contribution in [0, 0.1) is 5.82 Å². The third-order valence-electron chi connectivity index (χ3n) is 1.65. The van der Waals surface area contributed by atoms with Crippen molar-refractivity contribution < 1.29 is 14.3 Å². The van der Waals surface area contributed by atoms with Crippen molar-refractivity contribution in [3.8, 4) is 5.75 Å². The van der Waals surface area contributed by atoms with Crippen molar-refractivity contribution >= 4 is 21.8 Å². The summed E-state index contributed by atoms with van der Waals surface area (Å²) in [6.07, 6.45) is 0. The molecular formula is C8H8BrFN2O2. The van der Waals surface area contributed by atoms with E-state index in [0.717, 1.165) is 0 Å². The summed E-state index contributed by atoms with van der Waals surface area (Å²) in [4.78, 5) is 0. The molecule has 0 atom stereocenters. The van der Waals surface area contributed by atoms with Crippen LogP contribution in [0.1, 0.15) is 5.56 Å². The number of oxime groups is 1. The molecule has 0 spiro atoms. The smallest absolute Gasteiger partial charge is 0.179 e. The van der Waals surface area contributed by atoms with Crippen LogP contribution in [-0.2, 0) is 0 Å². The number of ether oxygens (including phenoxy) is 1. The Morgan fingerprint density at radius 1 is 1.64 bits per heavy atom. The summed E-state index contributed by atoms with van der Waals surface area (Å²) in [5.74, 6) is -0.665. The Balaban J connectivity index is 3.31. The van der Waals surface area contributed by atoms with E-state index in [1.54, 1.807) is 0 Å². The van der Waals surface area contributed by atoms with Gasteiger partial charge in [0.25, 0.3) is 0 Å². The van der Waals surface area contributed by atoms with Crippen LogP contribution in [0.3, 0.4) is 0 Å². The quantitative estimate of drug-likeness (QED) is 0.369. The van der Waals surface area contributed by atoms with Gasteiger partial charge in [-0.2, -0.15) is 0 Å². The highest BCUT2D eigenvalue weighted by molar-refractivity contribution is 9.10. The van der Waals surface area contributed by atoms with Crippen molar-refractivity contribution in [2.75, 3.05) is 7.11 Å². The summed E-state index contributed by atoms with van der Waals surface area (Å²) >= 11 is 2.99. The number of benzene rings is 1. The molecule has 0 aromatic heterocycles. The zero-order valence-corrected chi connectivity index (χ0v) is 8.88. The molecule has 1 rings (SSSR count). The normalized spacial score (nSPS) is 11.5. The highest BCUT2D eigenvalue weighted by atomic mass is 79.9. The van der Waals surface area contributed by atoms with E-state index in [2.05, 4.69) is 21.1 Å². The summed E-state index contributed by atoms with van der Waals surface area (Å²) in [5, 5.41) is 11.2. The van der Waals surface area contributed by atoms with Gasteiger partial charge in [-0.15, -0.1) is 0 Å². The lowest BCUT2D eigenvalue weighted by Gasteiger charge is -2.07. The Morgan fingerprint density at radius 2 is 2.29 bits per heavy atom. The van der Waals surface area contributed by atoms with E-state index < -0.39 is 5.82 Å². The predicted octanol–water partition coefficient (Wildman–Crippen LogP) is 1.69. The number of nitrogens with zero attached hydrogens (tertiary/aromatic N) is 1. The molecule has 0 aliphatic carbocycles. The van der Waals surface area contributed by atoms with E-state index in [9.17, 15) is 4.39 Å². The van der Waals surface area contributed by atoms with Crippen LogP contribution in [-0.4, -0.2) is 18.2 Å². The third-order valence-corrected chi connectivity index (χ3v) is 2.43. The number of hydrogen-bond donors (Lipinski definition) is 2. The molecule has 76 valence electrons. The number of hydrogen-bond acceptors (Lipinski definition) is 3. The lowest BCUT2D eigenvalue weighted by molar-refractivity contribution is 0.318. The van der Waals surface area contributed by atoms with Crippen molar-refractivity contribution in [2.24, 2.45) is 10.9 Å². The van der Waals surface area contributed by atoms with Gasteiger partial charge in [-0.1, -0.05) is 5.16 Å². The highest BCUT2D eigenvalue weighted by Crippen LogP contribution is 2.28. The summed E-state index contributed by atoms with van der Waals surface area (Å²) in [6, 6.07) is 2.88. The fraction of sp³-hybridized carbons (Fsp3) is 0.125. The lowest BCUT2D eigenvalue weighted by atomic mass is 10.2. The van der Waals surface area contributed by atoms with Gasteiger partial charge in [-0.05, 0) is 28.1 Å². The number of amidine groups is 1. The van der Waals surface area contributed by atoms with Crippen LogP contribution < -0.4 is 10.5 Å². The number of rotatable bonds is 2. The minimum absolute atomic E-state index is 0.0892. The zero-order valence-electron chi connectivity index (χ0n) is 7.29. The van der Waals surface area contributed by atoms with Crippen molar-refractivity contribution in [2.45, 2.75) is 0 Å². The fourth-order valence-electron chi connectivity index (χ4n) is 0.941. The van der Waals surface area contributed by atoms with E-state index in [1.807, 2.05) is 0 Å². The van der Waals surface area contributed by atoms with Gasteiger partial charge in [-0.25, -0.2) is 4.39 Å². The molecule has 0 bridgehead atoms. The maximum Gasteiger partial charge on any atom is 0.179 e. The van der Waals surface area contributed by atoms with Crippen LogP contribution in [0.2, 0.25) is 0 Å². The Bertz CT molecular complexity index is 382.